The zero-order valence-electron chi connectivity index (χ0n) is 11.7. The van der Waals surface area contributed by atoms with E-state index in [0.29, 0.717) is 22.5 Å². The molecule has 0 bridgehead atoms. The second-order valence-electron chi connectivity index (χ2n) is 4.68. The van der Waals surface area contributed by atoms with Crippen LogP contribution in [0.1, 0.15) is 12.0 Å². The summed E-state index contributed by atoms with van der Waals surface area (Å²) in [5, 5.41) is 1.37. The molecule has 0 radical (unpaired) electrons. The Hall–Kier alpha value is -0.240. The highest BCUT2D eigenvalue weighted by molar-refractivity contribution is 14.0. The number of guanidine groups is 1. The average molecular weight is 444 g/mol. The fraction of sp³-hybridized carbons (Fsp3) is 0.500. The highest BCUT2D eigenvalue weighted by Crippen LogP contribution is 2.21. The number of nitrogens with two attached hydrogens (primary N) is 1. The Morgan fingerprint density at radius 3 is 2.67 bits per heavy atom. The number of aliphatic imine (C=N–C) groups is 1. The van der Waals surface area contributed by atoms with Gasteiger partial charge in [-0.3, -0.25) is 4.99 Å². The van der Waals surface area contributed by atoms with Gasteiger partial charge in [-0.15, -0.1) is 24.0 Å². The van der Waals surface area contributed by atoms with Crippen LogP contribution in [-0.4, -0.2) is 43.7 Å². The number of nitrogens with zero attached hydrogens (tertiary/aromatic N) is 2. The Morgan fingerprint density at radius 1 is 1.29 bits per heavy atom. The minimum absolute atomic E-state index is 0. The van der Waals surface area contributed by atoms with Crippen LogP contribution in [0.2, 0.25) is 10.0 Å². The van der Waals surface area contributed by atoms with Crippen molar-refractivity contribution in [2.24, 2.45) is 10.7 Å². The van der Waals surface area contributed by atoms with Gasteiger partial charge < -0.3 is 15.4 Å². The summed E-state index contributed by atoms with van der Waals surface area (Å²) in [6.07, 6.45) is 1.78. The summed E-state index contributed by atoms with van der Waals surface area (Å²) in [5.74, 6) is 0.607. The third-order valence-corrected chi connectivity index (χ3v) is 3.82. The van der Waals surface area contributed by atoms with Crippen LogP contribution in [0.3, 0.4) is 0 Å². The van der Waals surface area contributed by atoms with E-state index in [4.69, 9.17) is 33.7 Å². The normalized spacial score (nSPS) is 15.7. The molecule has 1 aliphatic rings. The van der Waals surface area contributed by atoms with E-state index >= 15 is 0 Å². The molecule has 4 nitrogen and oxygen atoms in total. The maximum Gasteiger partial charge on any atom is 0.191 e. The van der Waals surface area contributed by atoms with Crippen molar-refractivity contribution in [2.75, 3.05) is 32.8 Å². The lowest BCUT2D eigenvalue weighted by Gasteiger charge is -2.27. The van der Waals surface area contributed by atoms with Crippen molar-refractivity contribution in [1.82, 2.24) is 4.90 Å². The van der Waals surface area contributed by atoms with Gasteiger partial charge in [0.2, 0.25) is 0 Å². The average Bonchev–Trinajstić information content (AvgIpc) is 2.46. The van der Waals surface area contributed by atoms with E-state index in [1.165, 1.54) is 0 Å². The van der Waals surface area contributed by atoms with Gasteiger partial charge in [-0.25, -0.2) is 0 Å². The van der Waals surface area contributed by atoms with Crippen molar-refractivity contribution >= 4 is 53.1 Å². The molecule has 1 aromatic carbocycles. The molecule has 0 unspecified atom stereocenters. The smallest absolute Gasteiger partial charge is 0.191 e. The number of ether oxygens (including phenoxy) is 1. The predicted molar refractivity (Wildman–Crippen MR) is 99.1 cm³/mol. The Kier molecular flexibility index (Phi) is 8.70. The molecule has 0 aromatic heterocycles. The number of halogens is 3. The molecule has 1 fully saturated rings. The van der Waals surface area contributed by atoms with Gasteiger partial charge in [0.25, 0.3) is 0 Å². The van der Waals surface area contributed by atoms with Gasteiger partial charge in [0.05, 0.1) is 13.2 Å². The standard InChI is InChI=1S/C14H19Cl2N3O.HI/c15-12-4-3-11(13(16)10-12)2-1-5-18-14(17)19-6-8-20-9-7-19;/h3-4,10H,1-2,5-9H2,(H2,17,18);1H. The molecule has 0 aliphatic carbocycles. The molecular formula is C14H20Cl2IN3O. The lowest BCUT2D eigenvalue weighted by atomic mass is 10.1. The van der Waals surface area contributed by atoms with Crippen molar-refractivity contribution in [3.05, 3.63) is 33.8 Å². The number of aryl methyl sites for hydroxylation is 1. The SMILES string of the molecule is I.NC(=NCCCc1ccc(Cl)cc1Cl)N1CCOCC1. The maximum atomic E-state index is 6.13. The maximum absolute atomic E-state index is 6.13. The summed E-state index contributed by atoms with van der Waals surface area (Å²) in [6, 6.07) is 5.58. The molecule has 0 amide bonds. The van der Waals surface area contributed by atoms with E-state index < -0.39 is 0 Å². The van der Waals surface area contributed by atoms with Crippen LogP contribution in [-0.2, 0) is 11.2 Å². The first-order chi connectivity index (χ1) is 9.66. The first kappa shape index (κ1) is 18.8. The topological polar surface area (TPSA) is 50.8 Å². The van der Waals surface area contributed by atoms with Crippen LogP contribution in [0.15, 0.2) is 23.2 Å². The molecule has 1 saturated heterocycles. The molecule has 118 valence electrons. The van der Waals surface area contributed by atoms with E-state index in [2.05, 4.69) is 9.89 Å². The van der Waals surface area contributed by atoms with Crippen molar-refractivity contribution in [3.63, 3.8) is 0 Å². The van der Waals surface area contributed by atoms with Crippen LogP contribution in [0.25, 0.3) is 0 Å². The van der Waals surface area contributed by atoms with E-state index in [0.717, 1.165) is 44.7 Å². The molecule has 21 heavy (non-hydrogen) atoms. The Morgan fingerprint density at radius 2 is 2.00 bits per heavy atom. The van der Waals surface area contributed by atoms with E-state index in [-0.39, 0.29) is 24.0 Å². The summed E-state index contributed by atoms with van der Waals surface area (Å²) < 4.78 is 5.28. The molecule has 0 saturated carbocycles. The number of hydrogen-bond acceptors (Lipinski definition) is 2. The molecule has 1 aromatic rings. The Balaban J connectivity index is 0.00000220. The number of rotatable bonds is 4. The predicted octanol–water partition coefficient (Wildman–Crippen LogP) is 3.19. The first-order valence-electron chi connectivity index (χ1n) is 6.73. The molecule has 0 spiro atoms. The lowest BCUT2D eigenvalue weighted by Crippen LogP contribution is -2.44. The highest BCUT2D eigenvalue weighted by atomic mass is 127. The fourth-order valence-corrected chi connectivity index (χ4v) is 2.58. The lowest BCUT2D eigenvalue weighted by molar-refractivity contribution is 0.0674. The second kappa shape index (κ2) is 9.71. The third kappa shape index (κ3) is 6.18. The third-order valence-electron chi connectivity index (χ3n) is 3.23. The Labute approximate surface area is 152 Å². The van der Waals surface area contributed by atoms with Crippen LogP contribution < -0.4 is 5.73 Å². The summed E-state index contributed by atoms with van der Waals surface area (Å²) in [7, 11) is 0. The van der Waals surface area contributed by atoms with E-state index in [1.807, 2.05) is 12.1 Å². The van der Waals surface area contributed by atoms with Crippen LogP contribution in [0, 0.1) is 0 Å². The van der Waals surface area contributed by atoms with Gasteiger partial charge in [0.15, 0.2) is 5.96 Å². The molecular weight excluding hydrogens is 424 g/mol. The van der Waals surface area contributed by atoms with Gasteiger partial charge in [0.1, 0.15) is 0 Å². The van der Waals surface area contributed by atoms with E-state index in [9.17, 15) is 0 Å². The number of benzene rings is 1. The van der Waals surface area contributed by atoms with Gasteiger partial charge >= 0.3 is 0 Å². The molecule has 0 atom stereocenters. The zero-order valence-corrected chi connectivity index (χ0v) is 15.6. The van der Waals surface area contributed by atoms with Gasteiger partial charge in [-0.2, -0.15) is 0 Å². The van der Waals surface area contributed by atoms with Crippen molar-refractivity contribution < 1.29 is 4.74 Å². The van der Waals surface area contributed by atoms with Crippen LogP contribution >= 0.6 is 47.2 Å². The molecule has 2 N–H and O–H groups in total. The van der Waals surface area contributed by atoms with Crippen LogP contribution in [0.4, 0.5) is 0 Å². The van der Waals surface area contributed by atoms with E-state index in [1.54, 1.807) is 6.07 Å². The van der Waals surface area contributed by atoms with Crippen molar-refractivity contribution in [2.45, 2.75) is 12.8 Å². The first-order valence-corrected chi connectivity index (χ1v) is 7.49. The van der Waals surface area contributed by atoms with Gasteiger partial charge in [-0.05, 0) is 30.5 Å². The largest absolute Gasteiger partial charge is 0.378 e. The molecule has 1 heterocycles. The summed E-state index contributed by atoms with van der Waals surface area (Å²) in [4.78, 5) is 6.46. The van der Waals surface area contributed by atoms with Gasteiger partial charge in [0, 0.05) is 29.7 Å². The minimum atomic E-state index is 0. The van der Waals surface area contributed by atoms with Crippen LogP contribution in [0.5, 0.6) is 0 Å². The van der Waals surface area contributed by atoms with Gasteiger partial charge in [-0.1, -0.05) is 29.3 Å². The molecule has 7 heteroatoms. The summed E-state index contributed by atoms with van der Waals surface area (Å²) >= 11 is 12.0. The van der Waals surface area contributed by atoms with Crippen molar-refractivity contribution in [1.29, 1.82) is 0 Å². The quantitative estimate of drug-likeness (QED) is 0.336. The number of hydrogen-bond donors (Lipinski definition) is 1. The second-order valence-corrected chi connectivity index (χ2v) is 5.52. The fourth-order valence-electron chi connectivity index (χ4n) is 2.08. The van der Waals surface area contributed by atoms with Crippen molar-refractivity contribution in [3.8, 4) is 0 Å². The monoisotopic (exact) mass is 443 g/mol. The summed E-state index contributed by atoms with van der Waals surface area (Å²) in [5.41, 5.74) is 7.05. The Bertz CT molecular complexity index is 479. The summed E-state index contributed by atoms with van der Waals surface area (Å²) in [6.45, 7) is 3.77. The molecule has 1 aliphatic heterocycles. The minimum Gasteiger partial charge on any atom is -0.378 e. The molecule has 2 rings (SSSR count). The number of morpholine rings is 1. The highest BCUT2D eigenvalue weighted by Gasteiger charge is 2.11. The zero-order chi connectivity index (χ0) is 14.4.